The molecule has 0 saturated carbocycles. The van der Waals surface area contributed by atoms with Gasteiger partial charge in [0.1, 0.15) is 0 Å². The van der Waals surface area contributed by atoms with E-state index in [-0.39, 0.29) is 5.78 Å². The Morgan fingerprint density at radius 1 is 0.792 bits per heavy atom. The van der Waals surface area contributed by atoms with Gasteiger partial charge in [-0.2, -0.15) is 0 Å². The van der Waals surface area contributed by atoms with E-state index in [1.54, 1.807) is 0 Å². The molecule has 0 unspecified atom stereocenters. The molecule has 2 aromatic rings. The van der Waals surface area contributed by atoms with Crippen molar-refractivity contribution in [1.82, 2.24) is 0 Å². The molecular weight excluding hydrogens is 292 g/mol. The van der Waals surface area contributed by atoms with E-state index in [9.17, 15) is 4.79 Å². The number of rotatable bonds is 8. The normalized spacial score (nSPS) is 11.2. The molecule has 0 fully saturated rings. The zero-order valence-electron chi connectivity index (χ0n) is 15.5. The number of carbonyl (C=O) groups excluding carboxylic acids is 1. The van der Waals surface area contributed by atoms with E-state index in [2.05, 4.69) is 64.1 Å². The van der Waals surface area contributed by atoms with Crippen LogP contribution in [0.2, 0.25) is 0 Å². The molecule has 24 heavy (non-hydrogen) atoms. The molecule has 0 amide bonds. The van der Waals surface area contributed by atoms with Gasteiger partial charge in [0, 0.05) is 12.0 Å². The molecule has 1 nitrogen and oxygen atoms in total. The standard InChI is InChI=1S/C23H30O/c1-17(2)7-5-6-8-23(24)22-15-13-21(14-16-22)20-11-9-19(10-12-20)18(3)4/h9-18H,5-8H2,1-4H3. The van der Waals surface area contributed by atoms with Crippen molar-refractivity contribution in [2.24, 2.45) is 5.92 Å². The Kier molecular flexibility index (Phi) is 6.78. The van der Waals surface area contributed by atoms with Gasteiger partial charge < -0.3 is 0 Å². The molecule has 0 atom stereocenters. The van der Waals surface area contributed by atoms with Crippen LogP contribution in [-0.4, -0.2) is 5.78 Å². The van der Waals surface area contributed by atoms with Crippen LogP contribution < -0.4 is 0 Å². The van der Waals surface area contributed by atoms with Crippen molar-refractivity contribution >= 4 is 5.78 Å². The van der Waals surface area contributed by atoms with Crippen molar-refractivity contribution in [3.05, 3.63) is 59.7 Å². The van der Waals surface area contributed by atoms with E-state index in [0.717, 1.165) is 24.3 Å². The third-order valence-corrected chi connectivity index (χ3v) is 4.55. The van der Waals surface area contributed by atoms with Crippen LogP contribution in [-0.2, 0) is 0 Å². The number of Topliss-reactive ketones (excluding diaryl/α,β-unsaturated/α-hetero) is 1. The Morgan fingerprint density at radius 3 is 1.83 bits per heavy atom. The molecule has 0 aliphatic carbocycles. The second-order valence-corrected chi connectivity index (χ2v) is 7.42. The maximum absolute atomic E-state index is 12.3. The van der Waals surface area contributed by atoms with Gasteiger partial charge in [-0.3, -0.25) is 4.79 Å². The SMILES string of the molecule is CC(C)CCCCC(=O)c1ccc(-c2ccc(C(C)C)cc2)cc1. The summed E-state index contributed by atoms with van der Waals surface area (Å²) >= 11 is 0. The smallest absolute Gasteiger partial charge is 0.162 e. The van der Waals surface area contributed by atoms with Crippen LogP contribution in [0.15, 0.2) is 48.5 Å². The molecule has 0 N–H and O–H groups in total. The molecule has 1 heteroatoms. The lowest BCUT2D eigenvalue weighted by atomic mass is 9.97. The third kappa shape index (κ3) is 5.33. The largest absolute Gasteiger partial charge is 0.294 e. The quantitative estimate of drug-likeness (QED) is 0.382. The van der Waals surface area contributed by atoms with Gasteiger partial charge in [0.05, 0.1) is 0 Å². The summed E-state index contributed by atoms with van der Waals surface area (Å²) in [7, 11) is 0. The summed E-state index contributed by atoms with van der Waals surface area (Å²) in [6.07, 6.45) is 4.01. The number of benzene rings is 2. The van der Waals surface area contributed by atoms with Crippen molar-refractivity contribution in [3.63, 3.8) is 0 Å². The van der Waals surface area contributed by atoms with Gasteiger partial charge in [-0.25, -0.2) is 0 Å². The third-order valence-electron chi connectivity index (χ3n) is 4.55. The van der Waals surface area contributed by atoms with Crippen molar-refractivity contribution in [2.45, 2.75) is 59.3 Å². The molecule has 0 aliphatic rings. The highest BCUT2D eigenvalue weighted by molar-refractivity contribution is 5.96. The minimum Gasteiger partial charge on any atom is -0.294 e. The molecule has 2 rings (SSSR count). The average Bonchev–Trinajstić information content (AvgIpc) is 2.58. The molecule has 0 bridgehead atoms. The average molecular weight is 322 g/mol. The zero-order valence-corrected chi connectivity index (χ0v) is 15.5. The van der Waals surface area contributed by atoms with E-state index in [1.165, 1.54) is 23.1 Å². The second kappa shape index (κ2) is 8.82. The van der Waals surface area contributed by atoms with Gasteiger partial charge in [0.25, 0.3) is 0 Å². The van der Waals surface area contributed by atoms with Crippen LogP contribution in [0, 0.1) is 5.92 Å². The Morgan fingerprint density at radius 2 is 1.33 bits per heavy atom. The van der Waals surface area contributed by atoms with Gasteiger partial charge >= 0.3 is 0 Å². The van der Waals surface area contributed by atoms with Crippen molar-refractivity contribution < 1.29 is 4.79 Å². The second-order valence-electron chi connectivity index (χ2n) is 7.42. The van der Waals surface area contributed by atoms with E-state index >= 15 is 0 Å². The van der Waals surface area contributed by atoms with Gasteiger partial charge in [-0.05, 0) is 34.9 Å². The first-order chi connectivity index (χ1) is 11.5. The maximum Gasteiger partial charge on any atom is 0.162 e. The fourth-order valence-corrected chi connectivity index (χ4v) is 2.89. The lowest BCUT2D eigenvalue weighted by molar-refractivity contribution is 0.0978. The van der Waals surface area contributed by atoms with E-state index in [4.69, 9.17) is 0 Å². The minimum absolute atomic E-state index is 0.264. The molecule has 0 spiro atoms. The molecule has 0 aromatic heterocycles. The van der Waals surface area contributed by atoms with E-state index in [0.29, 0.717) is 12.3 Å². The van der Waals surface area contributed by atoms with Crippen LogP contribution in [0.4, 0.5) is 0 Å². The molecule has 0 radical (unpaired) electrons. The first-order valence-electron chi connectivity index (χ1n) is 9.21. The predicted octanol–water partition coefficient (Wildman–Crippen LogP) is 6.88. The van der Waals surface area contributed by atoms with E-state index < -0.39 is 0 Å². The van der Waals surface area contributed by atoms with Gasteiger partial charge in [-0.15, -0.1) is 0 Å². The van der Waals surface area contributed by atoms with E-state index in [1.807, 2.05) is 12.1 Å². The minimum atomic E-state index is 0.264. The predicted molar refractivity (Wildman–Crippen MR) is 104 cm³/mol. The molecule has 2 aromatic carbocycles. The Bertz CT molecular complexity index is 633. The fourth-order valence-electron chi connectivity index (χ4n) is 2.89. The van der Waals surface area contributed by atoms with Crippen LogP contribution in [0.25, 0.3) is 11.1 Å². The summed E-state index contributed by atoms with van der Waals surface area (Å²) < 4.78 is 0. The Hall–Kier alpha value is -1.89. The Labute approximate surface area is 147 Å². The summed E-state index contributed by atoms with van der Waals surface area (Å²) in [6.45, 7) is 8.87. The van der Waals surface area contributed by atoms with Crippen LogP contribution >= 0.6 is 0 Å². The Balaban J connectivity index is 1.95. The van der Waals surface area contributed by atoms with Crippen molar-refractivity contribution in [2.75, 3.05) is 0 Å². The monoisotopic (exact) mass is 322 g/mol. The van der Waals surface area contributed by atoms with Crippen LogP contribution in [0.1, 0.15) is 75.2 Å². The molecule has 128 valence electrons. The molecule has 0 heterocycles. The van der Waals surface area contributed by atoms with Gasteiger partial charge in [-0.1, -0.05) is 89.1 Å². The lowest BCUT2D eigenvalue weighted by Crippen LogP contribution is -1.99. The number of unbranched alkanes of at least 4 members (excludes halogenated alkanes) is 1. The topological polar surface area (TPSA) is 17.1 Å². The summed E-state index contributed by atoms with van der Waals surface area (Å²) in [5.41, 5.74) is 4.56. The number of hydrogen-bond donors (Lipinski definition) is 0. The summed E-state index contributed by atoms with van der Waals surface area (Å²) in [5.74, 6) is 1.54. The summed E-state index contributed by atoms with van der Waals surface area (Å²) in [5, 5.41) is 0. The van der Waals surface area contributed by atoms with Crippen LogP contribution in [0.3, 0.4) is 0 Å². The fraction of sp³-hybridized carbons (Fsp3) is 0.435. The van der Waals surface area contributed by atoms with Gasteiger partial charge in [0.2, 0.25) is 0 Å². The first-order valence-corrected chi connectivity index (χ1v) is 9.21. The molecular formula is C23H30O. The highest BCUT2D eigenvalue weighted by Gasteiger charge is 2.07. The zero-order chi connectivity index (χ0) is 17.5. The van der Waals surface area contributed by atoms with Gasteiger partial charge in [0.15, 0.2) is 5.78 Å². The van der Waals surface area contributed by atoms with Crippen molar-refractivity contribution in [3.8, 4) is 11.1 Å². The highest BCUT2D eigenvalue weighted by atomic mass is 16.1. The molecule has 0 aliphatic heterocycles. The highest BCUT2D eigenvalue weighted by Crippen LogP contribution is 2.23. The summed E-state index contributed by atoms with van der Waals surface area (Å²) in [6, 6.07) is 16.8. The number of ketones is 1. The first kappa shape index (κ1) is 18.4. The maximum atomic E-state index is 12.3. The summed E-state index contributed by atoms with van der Waals surface area (Å²) in [4.78, 5) is 12.3. The lowest BCUT2D eigenvalue weighted by Gasteiger charge is -2.08. The van der Waals surface area contributed by atoms with Crippen LogP contribution in [0.5, 0.6) is 0 Å². The number of carbonyl (C=O) groups is 1. The number of hydrogen-bond acceptors (Lipinski definition) is 1. The molecule has 0 saturated heterocycles. The van der Waals surface area contributed by atoms with Crippen molar-refractivity contribution in [1.29, 1.82) is 0 Å².